The number of hydrogen-bond acceptors (Lipinski definition) is 3. The van der Waals surface area contributed by atoms with E-state index in [1.54, 1.807) is 6.20 Å². The fourth-order valence-corrected chi connectivity index (χ4v) is 4.00. The van der Waals surface area contributed by atoms with Gasteiger partial charge in [-0.3, -0.25) is 4.79 Å². The Morgan fingerprint density at radius 3 is 2.87 bits per heavy atom. The normalized spacial score (nSPS) is 22.3. The van der Waals surface area contributed by atoms with E-state index >= 15 is 0 Å². The number of pyridine rings is 1. The molecule has 4 rings (SSSR count). The van der Waals surface area contributed by atoms with Gasteiger partial charge in [0.25, 0.3) is 0 Å². The van der Waals surface area contributed by atoms with Gasteiger partial charge in [-0.25, -0.2) is 4.98 Å². The lowest BCUT2D eigenvalue weighted by molar-refractivity contribution is -0.118. The van der Waals surface area contributed by atoms with E-state index in [2.05, 4.69) is 26.2 Å². The Morgan fingerprint density at radius 2 is 2.09 bits per heavy atom. The molecule has 0 radical (unpaired) electrons. The van der Waals surface area contributed by atoms with Crippen LogP contribution in [0.3, 0.4) is 0 Å². The van der Waals surface area contributed by atoms with Crippen LogP contribution in [0.5, 0.6) is 0 Å². The summed E-state index contributed by atoms with van der Waals surface area (Å²) in [5.74, 6) is 0.762. The molecule has 120 valence electrons. The maximum absolute atomic E-state index is 12.5. The number of benzene rings is 1. The van der Waals surface area contributed by atoms with E-state index in [0.717, 1.165) is 47.7 Å². The van der Waals surface area contributed by atoms with Crippen molar-refractivity contribution in [3.63, 3.8) is 0 Å². The van der Waals surface area contributed by atoms with E-state index in [9.17, 15) is 4.79 Å². The number of rotatable bonds is 2. The van der Waals surface area contributed by atoms with Gasteiger partial charge < -0.3 is 10.1 Å². The Labute approximate surface area is 147 Å². The number of fused-ring (bicyclic) bond motifs is 1. The highest BCUT2D eigenvalue weighted by molar-refractivity contribution is 9.10. The van der Waals surface area contributed by atoms with Crippen molar-refractivity contribution in [3.8, 4) is 0 Å². The average Bonchev–Trinajstić information content (AvgIpc) is 3.23. The van der Waals surface area contributed by atoms with Crippen molar-refractivity contribution in [2.24, 2.45) is 11.3 Å². The first-order chi connectivity index (χ1) is 11.1. The molecule has 1 atom stereocenters. The van der Waals surface area contributed by atoms with Crippen LogP contribution in [0.25, 0.3) is 10.8 Å². The van der Waals surface area contributed by atoms with Gasteiger partial charge in [0.1, 0.15) is 5.82 Å². The molecule has 0 bridgehead atoms. The number of carbonyl (C=O) groups excluding carboxylic acids is 1. The van der Waals surface area contributed by atoms with Crippen LogP contribution in [0.1, 0.15) is 19.3 Å². The van der Waals surface area contributed by atoms with Crippen LogP contribution in [0.4, 0.5) is 5.82 Å². The molecule has 6 heteroatoms. The maximum atomic E-state index is 12.5. The third kappa shape index (κ3) is 2.86. The largest absolute Gasteiger partial charge is 0.381 e. The van der Waals surface area contributed by atoms with Gasteiger partial charge in [0.05, 0.1) is 5.02 Å². The van der Waals surface area contributed by atoms with Gasteiger partial charge in [-0.15, -0.1) is 0 Å². The third-order valence-corrected chi connectivity index (χ3v) is 6.20. The van der Waals surface area contributed by atoms with E-state index in [4.69, 9.17) is 16.3 Å². The average molecular weight is 396 g/mol. The third-order valence-electron chi connectivity index (χ3n) is 5.01. The van der Waals surface area contributed by atoms with Crippen molar-refractivity contribution in [3.05, 3.63) is 33.9 Å². The predicted molar refractivity (Wildman–Crippen MR) is 93.7 cm³/mol. The van der Waals surface area contributed by atoms with Gasteiger partial charge in [-0.2, -0.15) is 0 Å². The van der Waals surface area contributed by atoms with Crippen molar-refractivity contribution in [2.75, 3.05) is 18.5 Å². The monoisotopic (exact) mass is 394 g/mol. The second-order valence-corrected chi connectivity index (χ2v) is 7.67. The standard InChI is InChI=1S/C17H16BrClN2O2/c18-13-5-10-7-15(20-9-11(10)6-14(13)19)21-16(22)12-8-17(12)1-3-23-4-2-17/h5-7,9,12H,1-4,8H2,(H,20,21,22)/t12-/m1/s1. The molecule has 1 aliphatic heterocycles. The molecule has 0 unspecified atom stereocenters. The Hall–Kier alpha value is -1.17. The summed E-state index contributed by atoms with van der Waals surface area (Å²) in [5.41, 5.74) is 0.176. The number of halogens is 2. The number of ether oxygens (including phenoxy) is 1. The van der Waals surface area contributed by atoms with Crippen LogP contribution < -0.4 is 5.32 Å². The highest BCUT2D eigenvalue weighted by Crippen LogP contribution is 2.59. The fourth-order valence-electron chi connectivity index (χ4n) is 3.47. The van der Waals surface area contributed by atoms with E-state index in [-0.39, 0.29) is 17.2 Å². The number of hydrogen-bond donors (Lipinski definition) is 1. The van der Waals surface area contributed by atoms with Gasteiger partial charge in [-0.05, 0) is 64.2 Å². The number of nitrogens with one attached hydrogen (secondary N) is 1. The summed E-state index contributed by atoms with van der Waals surface area (Å²) >= 11 is 9.51. The lowest BCUT2D eigenvalue weighted by Gasteiger charge is -2.22. The zero-order chi connectivity index (χ0) is 16.0. The molecule has 1 saturated heterocycles. The van der Waals surface area contributed by atoms with Gasteiger partial charge in [0.2, 0.25) is 5.91 Å². The fraction of sp³-hybridized carbons (Fsp3) is 0.412. The maximum Gasteiger partial charge on any atom is 0.229 e. The molecular weight excluding hydrogens is 380 g/mol. The smallest absolute Gasteiger partial charge is 0.229 e. The quantitative estimate of drug-likeness (QED) is 0.819. The Kier molecular flexibility index (Phi) is 3.82. The van der Waals surface area contributed by atoms with Crippen molar-refractivity contribution in [1.82, 2.24) is 4.98 Å². The molecule has 23 heavy (non-hydrogen) atoms. The van der Waals surface area contributed by atoms with Crippen molar-refractivity contribution in [1.29, 1.82) is 0 Å². The number of nitrogens with zero attached hydrogens (tertiary/aromatic N) is 1. The topological polar surface area (TPSA) is 51.2 Å². The predicted octanol–water partition coefficient (Wildman–Crippen LogP) is 4.41. The number of carbonyl (C=O) groups is 1. The Bertz CT molecular complexity index is 790. The SMILES string of the molecule is O=C(Nc1cc2cc(Br)c(Cl)cc2cn1)[C@H]1CC12CCOCC2. The second kappa shape index (κ2) is 5.72. The summed E-state index contributed by atoms with van der Waals surface area (Å²) in [6, 6.07) is 5.68. The first-order valence-electron chi connectivity index (χ1n) is 7.71. The summed E-state index contributed by atoms with van der Waals surface area (Å²) in [4.78, 5) is 16.8. The van der Waals surface area contributed by atoms with Gasteiger partial charge in [-0.1, -0.05) is 11.6 Å². The lowest BCUT2D eigenvalue weighted by atomic mass is 9.93. The van der Waals surface area contributed by atoms with Crippen LogP contribution in [-0.2, 0) is 9.53 Å². The lowest BCUT2D eigenvalue weighted by Crippen LogP contribution is -2.24. The molecule has 1 saturated carbocycles. The van der Waals surface area contributed by atoms with Crippen molar-refractivity contribution < 1.29 is 9.53 Å². The molecule has 1 aromatic carbocycles. The molecule has 2 heterocycles. The van der Waals surface area contributed by atoms with Crippen LogP contribution in [0.2, 0.25) is 5.02 Å². The molecule has 1 aromatic heterocycles. The molecule has 2 aliphatic rings. The summed E-state index contributed by atoms with van der Waals surface area (Å²) < 4.78 is 6.23. The van der Waals surface area contributed by atoms with E-state index in [1.165, 1.54) is 0 Å². The molecule has 1 N–H and O–H groups in total. The molecule has 4 nitrogen and oxygen atoms in total. The highest BCUT2D eigenvalue weighted by Gasteiger charge is 2.58. The van der Waals surface area contributed by atoms with Crippen LogP contribution in [0.15, 0.2) is 28.9 Å². The summed E-state index contributed by atoms with van der Waals surface area (Å²) in [6.07, 6.45) is 4.68. The zero-order valence-electron chi connectivity index (χ0n) is 12.4. The minimum absolute atomic E-state index is 0.0757. The molecule has 1 spiro atoms. The number of aromatic nitrogens is 1. The molecule has 2 fully saturated rings. The molecule has 1 aliphatic carbocycles. The van der Waals surface area contributed by atoms with E-state index in [0.29, 0.717) is 10.8 Å². The Morgan fingerprint density at radius 1 is 1.30 bits per heavy atom. The van der Waals surface area contributed by atoms with Gasteiger partial charge in [0.15, 0.2) is 0 Å². The van der Waals surface area contributed by atoms with E-state index in [1.807, 2.05) is 18.2 Å². The summed E-state index contributed by atoms with van der Waals surface area (Å²) in [6.45, 7) is 1.54. The second-order valence-electron chi connectivity index (χ2n) is 6.40. The van der Waals surface area contributed by atoms with Crippen LogP contribution in [0, 0.1) is 11.3 Å². The van der Waals surface area contributed by atoms with Crippen LogP contribution in [-0.4, -0.2) is 24.1 Å². The molecule has 2 aromatic rings. The minimum atomic E-state index is 0.0757. The first kappa shape index (κ1) is 15.4. The molecule has 1 amide bonds. The van der Waals surface area contributed by atoms with Crippen molar-refractivity contribution >= 4 is 50.0 Å². The number of amides is 1. The van der Waals surface area contributed by atoms with Crippen molar-refractivity contribution in [2.45, 2.75) is 19.3 Å². The first-order valence-corrected chi connectivity index (χ1v) is 8.88. The summed E-state index contributed by atoms with van der Waals surface area (Å²) in [5, 5.41) is 5.55. The number of anilines is 1. The minimum Gasteiger partial charge on any atom is -0.381 e. The van der Waals surface area contributed by atoms with Gasteiger partial charge >= 0.3 is 0 Å². The summed E-state index contributed by atoms with van der Waals surface area (Å²) in [7, 11) is 0. The Balaban J connectivity index is 1.51. The van der Waals surface area contributed by atoms with E-state index < -0.39 is 0 Å². The zero-order valence-corrected chi connectivity index (χ0v) is 14.8. The van der Waals surface area contributed by atoms with Crippen LogP contribution >= 0.6 is 27.5 Å². The highest BCUT2D eigenvalue weighted by atomic mass is 79.9. The molecular formula is C17H16BrClN2O2. The van der Waals surface area contributed by atoms with Gasteiger partial charge in [0, 0.05) is 35.2 Å².